The Hall–Kier alpha value is -3.59. The fraction of sp³-hybridized carbons (Fsp3) is 0.333. The van der Waals surface area contributed by atoms with E-state index in [0.717, 1.165) is 9.30 Å². The molecule has 0 aliphatic carbocycles. The topological polar surface area (TPSA) is 90.6 Å². The molecule has 2 aromatic carbocycles. The van der Waals surface area contributed by atoms with Gasteiger partial charge in [-0.3, -0.25) is 14.2 Å². The van der Waals surface area contributed by atoms with E-state index in [2.05, 4.69) is 4.90 Å². The summed E-state index contributed by atoms with van der Waals surface area (Å²) in [5, 5.41) is 0.280. The number of para-hydroxylation sites is 1. The van der Waals surface area contributed by atoms with Crippen LogP contribution in [0.2, 0.25) is 0 Å². The molecular formula is C24H24FN3O5. The summed E-state index contributed by atoms with van der Waals surface area (Å²) in [5.41, 5.74) is -0.418. The SMILES string of the molecule is CC(=O)On1c(=O)n(CCN2CCC(C(=O)c3ccc(F)cc3)CC2)c(=O)c2ccccc21. The lowest BCUT2D eigenvalue weighted by atomic mass is 9.89. The first kappa shape index (κ1) is 22.6. The lowest BCUT2D eigenvalue weighted by molar-refractivity contribution is -0.141. The van der Waals surface area contributed by atoms with Crippen molar-refractivity contribution in [2.24, 2.45) is 5.92 Å². The number of likely N-dealkylation sites (tertiary alicyclic amines) is 1. The van der Waals surface area contributed by atoms with E-state index < -0.39 is 17.2 Å². The van der Waals surface area contributed by atoms with Gasteiger partial charge in [-0.1, -0.05) is 12.1 Å². The van der Waals surface area contributed by atoms with Gasteiger partial charge in [-0.05, 0) is 62.3 Å². The molecule has 0 amide bonds. The van der Waals surface area contributed by atoms with Gasteiger partial charge in [0, 0.05) is 31.5 Å². The number of carbonyl (C=O) groups is 2. The van der Waals surface area contributed by atoms with Crippen LogP contribution in [0.4, 0.5) is 4.39 Å². The number of halogens is 1. The van der Waals surface area contributed by atoms with Crippen molar-refractivity contribution in [3.8, 4) is 0 Å². The average Bonchev–Trinajstić information content (AvgIpc) is 2.82. The van der Waals surface area contributed by atoms with Crippen molar-refractivity contribution in [2.45, 2.75) is 26.3 Å². The molecule has 1 aliphatic rings. The van der Waals surface area contributed by atoms with Crippen LogP contribution in [0.1, 0.15) is 30.1 Å². The molecule has 172 valence electrons. The Balaban J connectivity index is 1.46. The zero-order chi connectivity index (χ0) is 23.5. The average molecular weight is 453 g/mol. The first-order chi connectivity index (χ1) is 15.8. The van der Waals surface area contributed by atoms with Gasteiger partial charge in [-0.25, -0.2) is 14.0 Å². The Labute approximate surface area is 188 Å². The largest absolute Gasteiger partial charge is 0.365 e. The Kier molecular flexibility index (Phi) is 6.50. The molecule has 8 nitrogen and oxygen atoms in total. The quantitative estimate of drug-likeness (QED) is 0.530. The number of ketones is 1. The van der Waals surface area contributed by atoms with Crippen molar-refractivity contribution in [1.82, 2.24) is 14.2 Å². The summed E-state index contributed by atoms with van der Waals surface area (Å²) in [6, 6.07) is 12.0. The monoisotopic (exact) mass is 453 g/mol. The van der Waals surface area contributed by atoms with Crippen molar-refractivity contribution >= 4 is 22.7 Å². The van der Waals surface area contributed by atoms with Crippen LogP contribution in [0.5, 0.6) is 0 Å². The number of hydrogen-bond acceptors (Lipinski definition) is 6. The Morgan fingerprint density at radius 2 is 1.67 bits per heavy atom. The maximum atomic E-state index is 13.1. The van der Waals surface area contributed by atoms with Gasteiger partial charge in [-0.15, -0.1) is 4.73 Å². The Morgan fingerprint density at radius 1 is 1.00 bits per heavy atom. The molecule has 0 radical (unpaired) electrons. The van der Waals surface area contributed by atoms with Gasteiger partial charge in [0.15, 0.2) is 5.78 Å². The normalized spacial score (nSPS) is 15.0. The lowest BCUT2D eigenvalue weighted by Gasteiger charge is -2.31. The maximum absolute atomic E-state index is 13.1. The molecule has 0 bridgehead atoms. The van der Waals surface area contributed by atoms with E-state index in [-0.39, 0.29) is 35.0 Å². The molecule has 0 N–H and O–H groups in total. The van der Waals surface area contributed by atoms with E-state index in [4.69, 9.17) is 4.84 Å². The summed E-state index contributed by atoms with van der Waals surface area (Å²) < 4.78 is 15.0. The van der Waals surface area contributed by atoms with E-state index in [1.807, 2.05) is 0 Å². The highest BCUT2D eigenvalue weighted by atomic mass is 19.1. The highest BCUT2D eigenvalue weighted by molar-refractivity contribution is 5.97. The van der Waals surface area contributed by atoms with Crippen LogP contribution < -0.4 is 16.1 Å². The number of carbonyl (C=O) groups excluding carboxylic acids is 2. The predicted octanol–water partition coefficient (Wildman–Crippen LogP) is 1.87. The summed E-state index contributed by atoms with van der Waals surface area (Å²) in [7, 11) is 0. The molecule has 3 aromatic rings. The van der Waals surface area contributed by atoms with Gasteiger partial charge < -0.3 is 9.74 Å². The molecule has 1 saturated heterocycles. The van der Waals surface area contributed by atoms with Gasteiger partial charge in [0.2, 0.25) is 0 Å². The molecule has 0 unspecified atom stereocenters. The minimum Gasteiger partial charge on any atom is -0.332 e. The summed E-state index contributed by atoms with van der Waals surface area (Å²) in [6.45, 7) is 3.02. The van der Waals surface area contributed by atoms with E-state index in [1.54, 1.807) is 24.3 Å². The van der Waals surface area contributed by atoms with Gasteiger partial charge >= 0.3 is 11.7 Å². The third kappa shape index (κ3) is 4.78. The number of piperidine rings is 1. The summed E-state index contributed by atoms with van der Waals surface area (Å²) in [4.78, 5) is 57.1. The zero-order valence-corrected chi connectivity index (χ0v) is 18.2. The molecule has 0 saturated carbocycles. The smallest absolute Gasteiger partial charge is 0.332 e. The maximum Gasteiger partial charge on any atom is 0.365 e. The Bertz CT molecular complexity index is 1300. The second-order valence-electron chi connectivity index (χ2n) is 8.12. The predicted molar refractivity (Wildman–Crippen MR) is 120 cm³/mol. The fourth-order valence-corrected chi connectivity index (χ4v) is 4.20. The van der Waals surface area contributed by atoms with Crippen LogP contribution in [-0.4, -0.2) is 45.6 Å². The van der Waals surface area contributed by atoms with Crippen LogP contribution in [0.15, 0.2) is 58.1 Å². The van der Waals surface area contributed by atoms with Gasteiger partial charge in [-0.2, -0.15) is 0 Å². The van der Waals surface area contributed by atoms with E-state index in [9.17, 15) is 23.6 Å². The third-order valence-electron chi connectivity index (χ3n) is 5.95. The number of aromatic nitrogens is 2. The highest BCUT2D eigenvalue weighted by Gasteiger charge is 2.26. The van der Waals surface area contributed by atoms with Crippen LogP contribution in [-0.2, 0) is 11.3 Å². The van der Waals surface area contributed by atoms with Gasteiger partial charge in [0.25, 0.3) is 5.56 Å². The van der Waals surface area contributed by atoms with Crippen molar-refractivity contribution < 1.29 is 18.8 Å². The number of benzene rings is 2. The minimum atomic E-state index is -0.713. The van der Waals surface area contributed by atoms with Crippen molar-refractivity contribution in [1.29, 1.82) is 0 Å². The molecule has 1 aromatic heterocycles. The van der Waals surface area contributed by atoms with Crippen molar-refractivity contribution in [3.63, 3.8) is 0 Å². The number of hydrogen-bond donors (Lipinski definition) is 0. The molecule has 0 atom stereocenters. The van der Waals surface area contributed by atoms with Crippen LogP contribution >= 0.6 is 0 Å². The van der Waals surface area contributed by atoms with E-state index in [0.29, 0.717) is 38.0 Å². The molecular weight excluding hydrogens is 429 g/mol. The number of nitrogens with zero attached hydrogens (tertiary/aromatic N) is 3. The van der Waals surface area contributed by atoms with Crippen molar-refractivity contribution in [2.75, 3.05) is 19.6 Å². The summed E-state index contributed by atoms with van der Waals surface area (Å²) in [5.74, 6) is -1.18. The number of Topliss-reactive ketones (excluding diaryl/α,β-unsaturated/α-hetero) is 1. The van der Waals surface area contributed by atoms with Crippen molar-refractivity contribution in [3.05, 3.63) is 80.7 Å². The molecule has 4 rings (SSSR count). The molecule has 1 fully saturated rings. The van der Waals surface area contributed by atoms with Crippen LogP contribution in [0.25, 0.3) is 10.9 Å². The third-order valence-corrected chi connectivity index (χ3v) is 5.95. The van der Waals surface area contributed by atoms with E-state index in [1.165, 1.54) is 31.2 Å². The van der Waals surface area contributed by atoms with Crippen LogP contribution in [0, 0.1) is 11.7 Å². The second kappa shape index (κ2) is 9.50. The molecule has 2 heterocycles. The Morgan fingerprint density at radius 3 is 2.33 bits per heavy atom. The highest BCUT2D eigenvalue weighted by Crippen LogP contribution is 2.22. The lowest BCUT2D eigenvalue weighted by Crippen LogP contribution is -2.46. The summed E-state index contributed by atoms with van der Waals surface area (Å²) >= 11 is 0. The molecule has 9 heteroatoms. The number of rotatable bonds is 6. The van der Waals surface area contributed by atoms with Gasteiger partial charge in [0.1, 0.15) is 5.82 Å². The molecule has 33 heavy (non-hydrogen) atoms. The standard InChI is InChI=1S/C24H24FN3O5/c1-16(29)33-28-21-5-3-2-4-20(21)23(31)27(24(28)32)15-14-26-12-10-18(11-13-26)22(30)17-6-8-19(25)9-7-17/h2-9,18H,10-15H2,1H3. The molecule has 1 aliphatic heterocycles. The van der Waals surface area contributed by atoms with Crippen LogP contribution in [0.3, 0.4) is 0 Å². The van der Waals surface area contributed by atoms with E-state index >= 15 is 0 Å². The molecule has 0 spiro atoms. The zero-order valence-electron chi connectivity index (χ0n) is 18.2. The fourth-order valence-electron chi connectivity index (χ4n) is 4.20. The van der Waals surface area contributed by atoms with Gasteiger partial charge in [0.05, 0.1) is 10.9 Å². The first-order valence-electron chi connectivity index (χ1n) is 10.8. The second-order valence-corrected chi connectivity index (χ2v) is 8.12. The minimum absolute atomic E-state index is 0.00432. The first-order valence-corrected chi connectivity index (χ1v) is 10.8. The summed E-state index contributed by atoms with van der Waals surface area (Å²) in [6.07, 6.45) is 1.28. The number of fused-ring (bicyclic) bond motifs is 1.